The van der Waals surface area contributed by atoms with Gasteiger partial charge in [-0.3, -0.25) is 14.3 Å². The van der Waals surface area contributed by atoms with Crippen LogP contribution in [0.1, 0.15) is 31.6 Å². The molecule has 6 nitrogen and oxygen atoms in total. The summed E-state index contributed by atoms with van der Waals surface area (Å²) in [6, 6.07) is 0. The van der Waals surface area contributed by atoms with Gasteiger partial charge in [-0.05, 0) is 19.3 Å². The van der Waals surface area contributed by atoms with E-state index in [4.69, 9.17) is 4.74 Å². The number of rotatable bonds is 3. The van der Waals surface area contributed by atoms with Gasteiger partial charge in [-0.15, -0.1) is 0 Å². The van der Waals surface area contributed by atoms with Gasteiger partial charge in [0.25, 0.3) is 5.56 Å². The van der Waals surface area contributed by atoms with E-state index >= 15 is 0 Å². The molecule has 0 amide bonds. The zero-order valence-corrected chi connectivity index (χ0v) is 10.5. The molecule has 1 aromatic heterocycles. The van der Waals surface area contributed by atoms with Crippen molar-refractivity contribution in [1.82, 2.24) is 9.55 Å². The molecule has 1 aliphatic rings. The highest BCUT2D eigenvalue weighted by Crippen LogP contribution is 2.34. The van der Waals surface area contributed by atoms with Gasteiger partial charge in [0.05, 0.1) is 12.7 Å². The molecule has 1 fully saturated rings. The van der Waals surface area contributed by atoms with Crippen LogP contribution in [-0.4, -0.2) is 27.4 Å². The van der Waals surface area contributed by atoms with Gasteiger partial charge in [0.2, 0.25) is 0 Å². The smallest absolute Gasteiger partial charge is 0.330 e. The quantitative estimate of drug-likeness (QED) is 0.804. The standard InChI is InChI=1S/C12H18N2O4/c1-3-8-4-10(18-9(8)6-15)14-5-7(2)11(16)13-12(14)17/h5,8-10,15H,3-4,6H2,1-2H3,(H,13,16,17). The second-order valence-electron chi connectivity index (χ2n) is 4.69. The second-order valence-corrected chi connectivity index (χ2v) is 4.69. The molecule has 0 aromatic carbocycles. The van der Waals surface area contributed by atoms with Crippen LogP contribution in [0.25, 0.3) is 0 Å². The molecule has 0 radical (unpaired) electrons. The predicted octanol–water partition coefficient (Wildman–Crippen LogP) is 0.151. The van der Waals surface area contributed by atoms with Crippen molar-refractivity contribution >= 4 is 0 Å². The van der Waals surface area contributed by atoms with Crippen LogP contribution < -0.4 is 11.2 Å². The van der Waals surface area contributed by atoms with Crippen molar-refractivity contribution < 1.29 is 9.84 Å². The van der Waals surface area contributed by atoms with Crippen LogP contribution >= 0.6 is 0 Å². The zero-order chi connectivity index (χ0) is 13.3. The van der Waals surface area contributed by atoms with Crippen LogP contribution in [0.4, 0.5) is 0 Å². The van der Waals surface area contributed by atoms with Gasteiger partial charge in [0.1, 0.15) is 6.23 Å². The Morgan fingerprint density at radius 3 is 2.83 bits per heavy atom. The Labute approximate surface area is 104 Å². The van der Waals surface area contributed by atoms with Crippen LogP contribution in [0.15, 0.2) is 15.8 Å². The molecule has 1 aromatic rings. The molecule has 0 spiro atoms. The molecule has 1 saturated heterocycles. The van der Waals surface area contributed by atoms with E-state index in [0.717, 1.165) is 6.42 Å². The molecule has 1 aliphatic heterocycles. The molecule has 2 heterocycles. The first-order valence-electron chi connectivity index (χ1n) is 6.15. The summed E-state index contributed by atoms with van der Waals surface area (Å²) in [5, 5.41) is 9.23. The van der Waals surface area contributed by atoms with Gasteiger partial charge in [0, 0.05) is 11.8 Å². The van der Waals surface area contributed by atoms with Gasteiger partial charge >= 0.3 is 5.69 Å². The molecule has 2 rings (SSSR count). The summed E-state index contributed by atoms with van der Waals surface area (Å²) >= 11 is 0. The van der Waals surface area contributed by atoms with Crippen LogP contribution in [0.3, 0.4) is 0 Å². The number of aliphatic hydroxyl groups is 1. The third kappa shape index (κ3) is 2.26. The molecule has 0 aliphatic carbocycles. The highest BCUT2D eigenvalue weighted by molar-refractivity contribution is 5.01. The molecule has 6 heteroatoms. The van der Waals surface area contributed by atoms with E-state index < -0.39 is 11.9 Å². The summed E-state index contributed by atoms with van der Waals surface area (Å²) in [6.07, 6.45) is 2.43. The van der Waals surface area contributed by atoms with Gasteiger partial charge in [0.15, 0.2) is 0 Å². The molecular weight excluding hydrogens is 236 g/mol. The fourth-order valence-corrected chi connectivity index (χ4v) is 2.38. The largest absolute Gasteiger partial charge is 0.394 e. The van der Waals surface area contributed by atoms with Crippen LogP contribution in [0, 0.1) is 12.8 Å². The molecule has 0 bridgehead atoms. The second kappa shape index (κ2) is 5.07. The first kappa shape index (κ1) is 13.0. The van der Waals surface area contributed by atoms with E-state index in [-0.39, 0.29) is 24.2 Å². The number of aromatic amines is 1. The van der Waals surface area contributed by atoms with E-state index in [0.29, 0.717) is 12.0 Å². The minimum absolute atomic E-state index is 0.0495. The Balaban J connectivity index is 2.31. The number of hydrogen-bond acceptors (Lipinski definition) is 4. The summed E-state index contributed by atoms with van der Waals surface area (Å²) in [7, 11) is 0. The zero-order valence-electron chi connectivity index (χ0n) is 10.5. The molecular formula is C12H18N2O4. The Kier molecular flexibility index (Phi) is 3.68. The van der Waals surface area contributed by atoms with Crippen molar-refractivity contribution in [2.24, 2.45) is 5.92 Å². The van der Waals surface area contributed by atoms with Crippen LogP contribution in [-0.2, 0) is 4.74 Å². The Morgan fingerprint density at radius 2 is 2.28 bits per heavy atom. The minimum atomic E-state index is -0.468. The maximum Gasteiger partial charge on any atom is 0.330 e. The lowest BCUT2D eigenvalue weighted by atomic mass is 9.98. The first-order chi connectivity index (χ1) is 8.56. The highest BCUT2D eigenvalue weighted by Gasteiger charge is 2.35. The molecule has 3 atom stereocenters. The third-order valence-corrected chi connectivity index (χ3v) is 3.52. The van der Waals surface area contributed by atoms with Crippen molar-refractivity contribution in [2.75, 3.05) is 6.61 Å². The maximum atomic E-state index is 11.7. The van der Waals surface area contributed by atoms with Crippen molar-refractivity contribution in [3.05, 3.63) is 32.6 Å². The molecule has 0 saturated carbocycles. The summed E-state index contributed by atoms with van der Waals surface area (Å²) in [5.74, 6) is 0.235. The minimum Gasteiger partial charge on any atom is -0.394 e. The topological polar surface area (TPSA) is 84.3 Å². The fourth-order valence-electron chi connectivity index (χ4n) is 2.38. The normalized spacial score (nSPS) is 27.6. The number of nitrogens with one attached hydrogen (secondary N) is 1. The van der Waals surface area contributed by atoms with Gasteiger partial charge < -0.3 is 9.84 Å². The Bertz CT molecular complexity index is 522. The van der Waals surface area contributed by atoms with Crippen LogP contribution in [0.5, 0.6) is 0 Å². The summed E-state index contributed by atoms with van der Waals surface area (Å²) in [5.41, 5.74) is -0.372. The van der Waals surface area contributed by atoms with E-state index in [1.54, 1.807) is 6.92 Å². The average molecular weight is 254 g/mol. The number of aliphatic hydroxyl groups excluding tert-OH is 1. The van der Waals surface area contributed by atoms with Crippen molar-refractivity contribution in [3.63, 3.8) is 0 Å². The average Bonchev–Trinajstić information content (AvgIpc) is 2.76. The summed E-state index contributed by atoms with van der Waals surface area (Å²) in [4.78, 5) is 25.3. The predicted molar refractivity (Wildman–Crippen MR) is 65.5 cm³/mol. The SMILES string of the molecule is CCC1CC(n2cc(C)c(=O)[nH]c2=O)OC1CO. The van der Waals surface area contributed by atoms with Gasteiger partial charge in [-0.25, -0.2) is 4.79 Å². The van der Waals surface area contributed by atoms with E-state index in [9.17, 15) is 14.7 Å². The monoisotopic (exact) mass is 254 g/mol. The highest BCUT2D eigenvalue weighted by atomic mass is 16.5. The Morgan fingerprint density at radius 1 is 1.56 bits per heavy atom. The first-order valence-corrected chi connectivity index (χ1v) is 6.15. The third-order valence-electron chi connectivity index (χ3n) is 3.52. The molecule has 3 unspecified atom stereocenters. The number of hydrogen-bond donors (Lipinski definition) is 2. The lowest BCUT2D eigenvalue weighted by Crippen LogP contribution is -2.33. The van der Waals surface area contributed by atoms with Gasteiger partial charge in [-0.2, -0.15) is 0 Å². The van der Waals surface area contributed by atoms with Crippen LogP contribution in [0.2, 0.25) is 0 Å². The fraction of sp³-hybridized carbons (Fsp3) is 0.667. The number of nitrogens with zero attached hydrogens (tertiary/aromatic N) is 1. The number of ether oxygens (including phenoxy) is 1. The lowest BCUT2D eigenvalue weighted by molar-refractivity contribution is -0.0329. The van der Waals surface area contributed by atoms with E-state index in [1.165, 1.54) is 10.8 Å². The lowest BCUT2D eigenvalue weighted by Gasteiger charge is -2.15. The van der Waals surface area contributed by atoms with E-state index in [2.05, 4.69) is 4.98 Å². The van der Waals surface area contributed by atoms with Crippen molar-refractivity contribution in [2.45, 2.75) is 39.0 Å². The summed E-state index contributed by atoms with van der Waals surface area (Å²) < 4.78 is 7.06. The number of aryl methyl sites for hydroxylation is 1. The van der Waals surface area contributed by atoms with Crippen molar-refractivity contribution in [3.8, 4) is 0 Å². The van der Waals surface area contributed by atoms with E-state index in [1.807, 2.05) is 6.92 Å². The summed E-state index contributed by atoms with van der Waals surface area (Å²) in [6.45, 7) is 3.62. The van der Waals surface area contributed by atoms with Gasteiger partial charge in [-0.1, -0.05) is 13.3 Å². The molecule has 100 valence electrons. The maximum absolute atomic E-state index is 11.7. The number of H-pyrrole nitrogens is 1. The number of aromatic nitrogens is 2. The molecule has 2 N–H and O–H groups in total. The molecule has 18 heavy (non-hydrogen) atoms. The van der Waals surface area contributed by atoms with Crippen molar-refractivity contribution in [1.29, 1.82) is 0 Å². The Hall–Kier alpha value is -1.40.